The van der Waals surface area contributed by atoms with Crippen molar-refractivity contribution in [1.82, 2.24) is 0 Å². The predicted molar refractivity (Wildman–Crippen MR) is 69.7 cm³/mol. The van der Waals surface area contributed by atoms with E-state index in [1.165, 1.54) is 5.56 Å². The van der Waals surface area contributed by atoms with Crippen molar-refractivity contribution in [1.29, 1.82) is 0 Å². The van der Waals surface area contributed by atoms with E-state index in [4.69, 9.17) is 9.11 Å². The normalized spacial score (nSPS) is 11.5. The van der Waals surface area contributed by atoms with Crippen molar-refractivity contribution in [2.45, 2.75) is 32.4 Å². The van der Waals surface area contributed by atoms with Crippen molar-refractivity contribution in [3.63, 3.8) is 0 Å². The molecule has 3 nitrogen and oxygen atoms in total. The minimum atomic E-state index is -3.70. The molecule has 0 radical (unpaired) electrons. The second-order valence-electron chi connectivity index (χ2n) is 3.52. The van der Waals surface area contributed by atoms with Gasteiger partial charge in [0.25, 0.3) is 10.3 Å². The molecule has 0 saturated heterocycles. The fraction of sp³-hybridized carbons (Fsp3) is 0.455. The Bertz CT molecular complexity index is 466. The van der Waals surface area contributed by atoms with E-state index >= 15 is 0 Å². The largest absolute Gasteiger partial charge is 0.430 e. The maximum atomic E-state index is 10.8. The number of hydrogen-bond donors (Lipinski definition) is 2. The van der Waals surface area contributed by atoms with Crippen LogP contribution in [0.25, 0.3) is 0 Å². The summed E-state index contributed by atoms with van der Waals surface area (Å²) in [5.41, 5.74) is 3.39. The molecule has 0 heterocycles. The van der Waals surface area contributed by atoms with Gasteiger partial charge in [-0.2, -0.15) is 4.21 Å². The van der Waals surface area contributed by atoms with Gasteiger partial charge in [-0.3, -0.25) is 9.11 Å². The molecule has 0 atom stereocenters. The van der Waals surface area contributed by atoms with Crippen LogP contribution in [-0.2, 0) is 38.0 Å². The summed E-state index contributed by atoms with van der Waals surface area (Å²) in [5.74, 6) is 0.364. The van der Waals surface area contributed by atoms with Crippen LogP contribution in [0.3, 0.4) is 0 Å². The molecule has 0 aliphatic carbocycles. The van der Waals surface area contributed by atoms with Gasteiger partial charge < -0.3 is 0 Å². The molecule has 0 amide bonds. The van der Waals surface area contributed by atoms with Crippen molar-refractivity contribution in [3.8, 4) is 0 Å². The third kappa shape index (κ3) is 4.17. The van der Waals surface area contributed by atoms with E-state index in [1.807, 2.05) is 19.1 Å². The van der Waals surface area contributed by atoms with Crippen LogP contribution in [0, 0.1) is 0 Å². The van der Waals surface area contributed by atoms with Gasteiger partial charge in [0.05, 0.1) is 0 Å². The molecule has 16 heavy (non-hydrogen) atoms. The Morgan fingerprint density at radius 1 is 1.19 bits per heavy atom. The summed E-state index contributed by atoms with van der Waals surface area (Å²) in [7, 11) is -3.03. The fourth-order valence-corrected chi connectivity index (χ4v) is 2.91. The molecule has 0 spiro atoms. The molecule has 0 aliphatic rings. The first-order valence-electron chi connectivity index (χ1n) is 5.20. The second kappa shape index (κ2) is 5.72. The SMILES string of the molecule is CCc1ccc(CC)c(C[S+]=S(=O)(O)O)c1. The number of benzene rings is 1. The van der Waals surface area contributed by atoms with Gasteiger partial charge in [0.1, 0.15) is 0 Å². The Kier molecular flexibility index (Phi) is 4.86. The third-order valence-corrected chi connectivity index (χ3v) is 4.44. The van der Waals surface area contributed by atoms with Crippen molar-refractivity contribution in [2.24, 2.45) is 0 Å². The summed E-state index contributed by atoms with van der Waals surface area (Å²) < 4.78 is 28.4. The summed E-state index contributed by atoms with van der Waals surface area (Å²) in [6, 6.07) is 6.16. The zero-order valence-electron chi connectivity index (χ0n) is 9.47. The molecule has 0 fully saturated rings. The van der Waals surface area contributed by atoms with Crippen LogP contribution in [0.2, 0.25) is 0 Å². The molecule has 0 saturated carbocycles. The smallest absolute Gasteiger partial charge is 0.251 e. The lowest BCUT2D eigenvalue weighted by Crippen LogP contribution is -2.00. The van der Waals surface area contributed by atoms with Crippen LogP contribution in [0.5, 0.6) is 0 Å². The maximum absolute atomic E-state index is 10.8. The van der Waals surface area contributed by atoms with Crippen molar-refractivity contribution >= 4 is 19.4 Å². The molecule has 5 heteroatoms. The lowest BCUT2D eigenvalue weighted by atomic mass is 10.0. The highest BCUT2D eigenvalue weighted by atomic mass is 32.9. The summed E-state index contributed by atoms with van der Waals surface area (Å²) in [4.78, 5) is 0. The lowest BCUT2D eigenvalue weighted by molar-refractivity contribution is 0.450. The van der Waals surface area contributed by atoms with E-state index in [1.54, 1.807) is 0 Å². The number of aryl methyl sites for hydroxylation is 2. The van der Waals surface area contributed by atoms with E-state index in [0.717, 1.165) is 24.0 Å². The first kappa shape index (κ1) is 13.6. The van der Waals surface area contributed by atoms with Gasteiger partial charge in [0.15, 0.2) is 0 Å². The number of hydrogen-bond acceptors (Lipinski definition) is 1. The zero-order chi connectivity index (χ0) is 12.2. The summed E-state index contributed by atoms with van der Waals surface area (Å²) in [6.07, 6.45) is 1.83. The van der Waals surface area contributed by atoms with Crippen LogP contribution < -0.4 is 0 Å². The van der Waals surface area contributed by atoms with Gasteiger partial charge in [0, 0.05) is 5.56 Å². The van der Waals surface area contributed by atoms with Crippen LogP contribution in [-0.4, -0.2) is 13.3 Å². The van der Waals surface area contributed by atoms with Crippen molar-refractivity contribution in [3.05, 3.63) is 34.9 Å². The van der Waals surface area contributed by atoms with E-state index in [0.29, 0.717) is 16.1 Å². The topological polar surface area (TPSA) is 57.5 Å². The molecule has 1 aromatic rings. The average Bonchev–Trinajstić information content (AvgIpc) is 2.25. The summed E-state index contributed by atoms with van der Waals surface area (Å²) in [6.45, 7) is 4.11. The van der Waals surface area contributed by atoms with Gasteiger partial charge in [-0.1, -0.05) is 32.0 Å². The lowest BCUT2D eigenvalue weighted by Gasteiger charge is -2.04. The first-order valence-corrected chi connectivity index (χ1v) is 8.17. The standard InChI is InChI=1S/C11H16O3S2/c1-3-9-5-6-10(4-2)11(7-9)8-15-16(12,13)14/h5-7H,3-4,8H2,1-2H3,(H-,12,13,14)/p+1. The molecule has 2 N–H and O–H groups in total. The Morgan fingerprint density at radius 3 is 2.38 bits per heavy atom. The van der Waals surface area contributed by atoms with Gasteiger partial charge >= 0.3 is 9.05 Å². The Balaban J connectivity index is 3.05. The van der Waals surface area contributed by atoms with Gasteiger partial charge in [-0.15, -0.1) is 0 Å². The molecule has 90 valence electrons. The van der Waals surface area contributed by atoms with Crippen LogP contribution >= 0.6 is 0 Å². The van der Waals surface area contributed by atoms with E-state index in [9.17, 15) is 4.21 Å². The molecule has 0 bridgehead atoms. The molecule has 1 rings (SSSR count). The van der Waals surface area contributed by atoms with Gasteiger partial charge in [-0.05, 0) is 24.0 Å². The number of rotatable bonds is 4. The quantitative estimate of drug-likeness (QED) is 0.819. The summed E-state index contributed by atoms with van der Waals surface area (Å²) in [5, 5.41) is 0. The van der Waals surface area contributed by atoms with E-state index < -0.39 is 9.05 Å². The molecule has 1 aromatic carbocycles. The van der Waals surface area contributed by atoms with Crippen molar-refractivity contribution in [2.75, 3.05) is 0 Å². The Hall–Kier alpha value is -0.490. The molecular weight excluding hydrogens is 244 g/mol. The highest BCUT2D eigenvalue weighted by Gasteiger charge is 2.13. The summed E-state index contributed by atoms with van der Waals surface area (Å²) >= 11 is 0. The highest BCUT2D eigenvalue weighted by molar-refractivity contribution is 8.33. The molecular formula is C11H17O3S2+. The van der Waals surface area contributed by atoms with Crippen LogP contribution in [0.15, 0.2) is 18.2 Å². The Labute approximate surface area is 100 Å². The maximum Gasteiger partial charge on any atom is 0.430 e. The average molecular weight is 261 g/mol. The van der Waals surface area contributed by atoms with E-state index in [2.05, 4.69) is 13.0 Å². The minimum Gasteiger partial charge on any atom is -0.251 e. The molecule has 0 aliphatic heterocycles. The minimum absolute atomic E-state index is 0.364. The third-order valence-electron chi connectivity index (χ3n) is 2.43. The predicted octanol–water partition coefficient (Wildman–Crippen LogP) is 2.54. The van der Waals surface area contributed by atoms with Crippen LogP contribution in [0.4, 0.5) is 0 Å². The van der Waals surface area contributed by atoms with Crippen molar-refractivity contribution < 1.29 is 13.3 Å². The van der Waals surface area contributed by atoms with E-state index in [-0.39, 0.29) is 0 Å². The van der Waals surface area contributed by atoms with Gasteiger partial charge in [0.2, 0.25) is 5.75 Å². The zero-order valence-corrected chi connectivity index (χ0v) is 11.1. The second-order valence-corrected chi connectivity index (χ2v) is 6.95. The first-order chi connectivity index (χ1) is 7.46. The monoisotopic (exact) mass is 261 g/mol. The van der Waals surface area contributed by atoms with Crippen LogP contribution in [0.1, 0.15) is 30.5 Å². The molecule has 0 unspecified atom stereocenters. The Morgan fingerprint density at radius 2 is 1.88 bits per heavy atom. The highest BCUT2D eigenvalue weighted by Crippen LogP contribution is 2.14. The fourth-order valence-electron chi connectivity index (χ4n) is 1.52. The molecule has 0 aromatic heterocycles. The van der Waals surface area contributed by atoms with Gasteiger partial charge in [-0.25, -0.2) is 0 Å².